The van der Waals surface area contributed by atoms with Crippen LogP contribution in [0.15, 0.2) is 24.4 Å². The number of anilines is 3. The molecular weight excluding hydrogens is 264 g/mol. The second-order valence-corrected chi connectivity index (χ2v) is 3.69. The molecule has 0 aliphatic rings. The molecule has 0 saturated carbocycles. The van der Waals surface area contributed by atoms with E-state index in [0.717, 1.165) is 12.1 Å². The van der Waals surface area contributed by atoms with Crippen molar-refractivity contribution in [2.24, 2.45) is 5.84 Å². The molecule has 0 amide bonds. The van der Waals surface area contributed by atoms with Crippen LogP contribution in [0.3, 0.4) is 0 Å². The molecule has 0 fully saturated rings. The lowest BCUT2D eigenvalue weighted by Crippen LogP contribution is -2.11. The van der Waals surface area contributed by atoms with Crippen LogP contribution in [0.4, 0.5) is 26.2 Å². The summed E-state index contributed by atoms with van der Waals surface area (Å²) >= 11 is 5.83. The van der Waals surface area contributed by atoms with Crippen LogP contribution in [-0.2, 0) is 0 Å². The lowest BCUT2D eigenvalue weighted by Gasteiger charge is -2.09. The number of benzene rings is 1. The molecule has 18 heavy (non-hydrogen) atoms. The number of nitrogens with one attached hydrogen (secondary N) is 2. The van der Waals surface area contributed by atoms with E-state index in [1.165, 1.54) is 12.3 Å². The Bertz CT molecular complexity index is 578. The minimum Gasteiger partial charge on any atom is -0.336 e. The Morgan fingerprint density at radius 2 is 2.06 bits per heavy atom. The summed E-state index contributed by atoms with van der Waals surface area (Å²) in [5, 5.41) is 2.80. The van der Waals surface area contributed by atoms with E-state index in [4.69, 9.17) is 17.4 Å². The van der Waals surface area contributed by atoms with E-state index in [-0.39, 0.29) is 22.5 Å². The number of nitrogen functional groups attached to an aromatic ring is 1. The normalized spacial score (nSPS) is 10.2. The summed E-state index contributed by atoms with van der Waals surface area (Å²) in [7, 11) is 0. The minimum absolute atomic E-state index is 0.0416. The van der Waals surface area contributed by atoms with Crippen LogP contribution in [0.5, 0.6) is 0 Å². The Kier molecular flexibility index (Phi) is 3.54. The number of rotatable bonds is 3. The molecule has 0 saturated heterocycles. The summed E-state index contributed by atoms with van der Waals surface area (Å²) in [6.45, 7) is 0. The molecular formula is C10H8ClF2N5. The molecule has 1 aromatic carbocycles. The molecule has 0 bridgehead atoms. The molecule has 1 heterocycles. The van der Waals surface area contributed by atoms with Crippen LogP contribution in [0.25, 0.3) is 0 Å². The molecule has 0 aliphatic carbocycles. The standard InChI is InChI=1S/C10H8ClF2N5/c11-6-4-15-10(18-14)17-9(6)16-8-2-1-5(12)3-7(8)13/h1-4H,14H2,(H2,15,16,17,18). The molecule has 0 radical (unpaired) electrons. The topological polar surface area (TPSA) is 75.9 Å². The van der Waals surface area contributed by atoms with Crippen LogP contribution >= 0.6 is 11.6 Å². The first-order valence-electron chi connectivity index (χ1n) is 4.81. The first-order valence-corrected chi connectivity index (χ1v) is 5.19. The summed E-state index contributed by atoms with van der Waals surface area (Å²) in [6.07, 6.45) is 1.30. The monoisotopic (exact) mass is 271 g/mol. The fraction of sp³-hybridized carbons (Fsp3) is 0. The van der Waals surface area contributed by atoms with E-state index in [2.05, 4.69) is 20.7 Å². The number of nitrogens with two attached hydrogens (primary N) is 1. The van der Waals surface area contributed by atoms with Gasteiger partial charge in [-0.25, -0.2) is 19.6 Å². The molecule has 4 N–H and O–H groups in total. The van der Waals surface area contributed by atoms with Crippen molar-refractivity contribution in [3.05, 3.63) is 41.1 Å². The Balaban J connectivity index is 2.33. The number of nitrogens with zero attached hydrogens (tertiary/aromatic N) is 2. The van der Waals surface area contributed by atoms with E-state index >= 15 is 0 Å². The number of hydrogen-bond acceptors (Lipinski definition) is 5. The molecule has 2 rings (SSSR count). The van der Waals surface area contributed by atoms with Crippen LogP contribution in [0.1, 0.15) is 0 Å². The zero-order valence-corrected chi connectivity index (χ0v) is 9.67. The summed E-state index contributed by atoms with van der Waals surface area (Å²) in [5.41, 5.74) is 2.27. The number of hydrazine groups is 1. The average Bonchev–Trinajstić information content (AvgIpc) is 2.35. The highest BCUT2D eigenvalue weighted by Gasteiger charge is 2.09. The zero-order valence-electron chi connectivity index (χ0n) is 8.92. The fourth-order valence-electron chi connectivity index (χ4n) is 1.24. The molecule has 94 valence electrons. The lowest BCUT2D eigenvalue weighted by molar-refractivity contribution is 0.586. The number of hydrogen-bond donors (Lipinski definition) is 3. The van der Waals surface area contributed by atoms with Gasteiger partial charge in [0.05, 0.1) is 11.9 Å². The van der Waals surface area contributed by atoms with Crippen molar-refractivity contribution >= 4 is 29.1 Å². The van der Waals surface area contributed by atoms with Crippen molar-refractivity contribution in [1.29, 1.82) is 0 Å². The van der Waals surface area contributed by atoms with Crippen molar-refractivity contribution in [1.82, 2.24) is 9.97 Å². The van der Waals surface area contributed by atoms with Gasteiger partial charge in [-0.05, 0) is 12.1 Å². The third-order valence-electron chi connectivity index (χ3n) is 2.06. The largest absolute Gasteiger partial charge is 0.336 e. The van der Waals surface area contributed by atoms with E-state index in [9.17, 15) is 8.78 Å². The van der Waals surface area contributed by atoms with Gasteiger partial charge in [0.2, 0.25) is 5.95 Å². The van der Waals surface area contributed by atoms with Gasteiger partial charge in [-0.2, -0.15) is 4.98 Å². The van der Waals surface area contributed by atoms with E-state index in [1.807, 2.05) is 0 Å². The average molecular weight is 272 g/mol. The summed E-state index contributed by atoms with van der Waals surface area (Å²) < 4.78 is 26.2. The molecule has 0 spiro atoms. The highest BCUT2D eigenvalue weighted by Crippen LogP contribution is 2.25. The third-order valence-corrected chi connectivity index (χ3v) is 2.33. The van der Waals surface area contributed by atoms with Gasteiger partial charge in [-0.15, -0.1) is 0 Å². The van der Waals surface area contributed by atoms with Crippen LogP contribution in [0, 0.1) is 11.6 Å². The third kappa shape index (κ3) is 2.63. The van der Waals surface area contributed by atoms with Crippen molar-refractivity contribution in [3.63, 3.8) is 0 Å². The summed E-state index contributed by atoms with van der Waals surface area (Å²) in [5.74, 6) is 3.99. The predicted molar refractivity (Wildman–Crippen MR) is 64.5 cm³/mol. The van der Waals surface area contributed by atoms with E-state index < -0.39 is 11.6 Å². The summed E-state index contributed by atoms with van der Waals surface area (Å²) in [4.78, 5) is 7.66. The quantitative estimate of drug-likeness (QED) is 0.590. The molecule has 0 aliphatic heterocycles. The maximum Gasteiger partial charge on any atom is 0.239 e. The van der Waals surface area contributed by atoms with E-state index in [0.29, 0.717) is 0 Å². The van der Waals surface area contributed by atoms with E-state index in [1.54, 1.807) is 0 Å². The SMILES string of the molecule is NNc1ncc(Cl)c(Nc2ccc(F)cc2F)n1. The fourth-order valence-corrected chi connectivity index (χ4v) is 1.38. The van der Waals surface area contributed by atoms with Crippen molar-refractivity contribution in [2.75, 3.05) is 10.7 Å². The Morgan fingerprint density at radius 1 is 1.28 bits per heavy atom. The Morgan fingerprint density at radius 3 is 2.72 bits per heavy atom. The number of halogens is 3. The molecule has 0 atom stereocenters. The van der Waals surface area contributed by atoms with Crippen LogP contribution < -0.4 is 16.6 Å². The molecule has 2 aromatic rings. The summed E-state index contributed by atoms with van der Waals surface area (Å²) in [6, 6.07) is 3.10. The van der Waals surface area contributed by atoms with Gasteiger partial charge >= 0.3 is 0 Å². The molecule has 0 unspecified atom stereocenters. The zero-order chi connectivity index (χ0) is 13.1. The minimum atomic E-state index is -0.757. The second kappa shape index (κ2) is 5.11. The predicted octanol–water partition coefficient (Wildman–Crippen LogP) is 2.44. The van der Waals surface area contributed by atoms with Gasteiger partial charge in [0.15, 0.2) is 5.82 Å². The Labute approximate surface area is 106 Å². The van der Waals surface area contributed by atoms with Gasteiger partial charge in [-0.3, -0.25) is 5.43 Å². The second-order valence-electron chi connectivity index (χ2n) is 3.28. The van der Waals surface area contributed by atoms with Gasteiger partial charge in [0, 0.05) is 6.07 Å². The van der Waals surface area contributed by atoms with Crippen LogP contribution in [-0.4, -0.2) is 9.97 Å². The van der Waals surface area contributed by atoms with Gasteiger partial charge in [-0.1, -0.05) is 11.6 Å². The van der Waals surface area contributed by atoms with Gasteiger partial charge < -0.3 is 5.32 Å². The first kappa shape index (κ1) is 12.5. The number of aromatic nitrogens is 2. The molecule has 1 aromatic heterocycles. The highest BCUT2D eigenvalue weighted by atomic mass is 35.5. The van der Waals surface area contributed by atoms with Gasteiger partial charge in [0.1, 0.15) is 16.7 Å². The lowest BCUT2D eigenvalue weighted by atomic mass is 10.3. The highest BCUT2D eigenvalue weighted by molar-refractivity contribution is 6.32. The maximum atomic E-state index is 13.4. The van der Waals surface area contributed by atoms with Crippen molar-refractivity contribution in [2.45, 2.75) is 0 Å². The molecule has 8 heteroatoms. The molecule has 5 nitrogen and oxygen atoms in total. The maximum absolute atomic E-state index is 13.4. The van der Waals surface area contributed by atoms with Crippen molar-refractivity contribution < 1.29 is 8.78 Å². The Hall–Kier alpha value is -1.99. The van der Waals surface area contributed by atoms with Crippen LogP contribution in [0.2, 0.25) is 5.02 Å². The van der Waals surface area contributed by atoms with Gasteiger partial charge in [0.25, 0.3) is 0 Å². The smallest absolute Gasteiger partial charge is 0.239 e. The van der Waals surface area contributed by atoms with Crippen molar-refractivity contribution in [3.8, 4) is 0 Å². The first-order chi connectivity index (χ1) is 8.60.